The van der Waals surface area contributed by atoms with E-state index in [-0.39, 0.29) is 23.0 Å². The molecule has 4 rings (SSSR count). The Hall–Kier alpha value is -0.190. The van der Waals surface area contributed by atoms with Crippen molar-refractivity contribution >= 4 is 7.82 Å². The summed E-state index contributed by atoms with van der Waals surface area (Å²) in [5.41, 5.74) is 1.57. The molecule has 5 nitrogen and oxygen atoms in total. The highest BCUT2D eigenvalue weighted by Gasteiger charge is 2.58. The Morgan fingerprint density at radius 2 is 1.88 bits per heavy atom. The zero-order chi connectivity index (χ0) is 18.0. The molecular weight excluding hydrogens is 339 g/mol. The SMILES string of the molecule is C[C@]12CC[C@H]3[C@@H](CC=C4C[C@H](OP(=O)(O)O)CC[C@@]43C)[C@@H]1CC[C@@H]2O. The number of hydrogen-bond donors (Lipinski definition) is 3. The van der Waals surface area contributed by atoms with Crippen molar-refractivity contribution in [3.63, 3.8) is 0 Å². The fourth-order valence-corrected chi connectivity index (χ4v) is 7.45. The lowest BCUT2D eigenvalue weighted by Gasteiger charge is -2.57. The van der Waals surface area contributed by atoms with Gasteiger partial charge in [-0.1, -0.05) is 25.5 Å². The summed E-state index contributed by atoms with van der Waals surface area (Å²) in [5, 5.41) is 10.5. The normalized spacial score (nSPS) is 49.8. The van der Waals surface area contributed by atoms with Crippen LogP contribution in [0, 0.1) is 28.6 Å². The number of hydrogen-bond acceptors (Lipinski definition) is 3. The van der Waals surface area contributed by atoms with Gasteiger partial charge in [-0.15, -0.1) is 0 Å². The number of phosphoric acid groups is 1. The minimum Gasteiger partial charge on any atom is -0.393 e. The molecule has 3 N–H and O–H groups in total. The van der Waals surface area contributed by atoms with Crippen molar-refractivity contribution in [1.29, 1.82) is 0 Å². The first kappa shape index (κ1) is 18.2. The van der Waals surface area contributed by atoms with Crippen LogP contribution in [0.2, 0.25) is 0 Å². The number of rotatable bonds is 2. The maximum Gasteiger partial charge on any atom is 0.469 e. The molecule has 4 aliphatic carbocycles. The number of aliphatic hydroxyl groups excluding tert-OH is 1. The van der Waals surface area contributed by atoms with Gasteiger partial charge in [0.05, 0.1) is 12.2 Å². The molecule has 7 atom stereocenters. The average molecular weight is 370 g/mol. The minimum absolute atomic E-state index is 0.0869. The summed E-state index contributed by atoms with van der Waals surface area (Å²) < 4.78 is 16.2. The van der Waals surface area contributed by atoms with E-state index in [0.717, 1.165) is 38.5 Å². The monoisotopic (exact) mass is 370 g/mol. The van der Waals surface area contributed by atoms with Crippen LogP contribution in [0.15, 0.2) is 11.6 Å². The summed E-state index contributed by atoms with van der Waals surface area (Å²) in [7, 11) is -4.42. The van der Waals surface area contributed by atoms with Gasteiger partial charge in [-0.25, -0.2) is 4.57 Å². The Kier molecular flexibility index (Phi) is 4.29. The van der Waals surface area contributed by atoms with Crippen LogP contribution in [-0.2, 0) is 9.09 Å². The van der Waals surface area contributed by atoms with Crippen LogP contribution in [0.4, 0.5) is 0 Å². The van der Waals surface area contributed by atoms with Gasteiger partial charge in [0, 0.05) is 0 Å². The number of aliphatic hydroxyl groups is 1. The van der Waals surface area contributed by atoms with E-state index in [2.05, 4.69) is 19.9 Å². The molecular formula is C19H31O5P. The molecule has 0 aromatic heterocycles. The minimum atomic E-state index is -4.42. The van der Waals surface area contributed by atoms with Crippen molar-refractivity contribution in [3.8, 4) is 0 Å². The first-order valence-corrected chi connectivity index (χ1v) is 11.3. The molecule has 0 aliphatic heterocycles. The van der Waals surface area contributed by atoms with Gasteiger partial charge in [0.25, 0.3) is 0 Å². The Morgan fingerprint density at radius 3 is 2.60 bits per heavy atom. The van der Waals surface area contributed by atoms with Crippen molar-refractivity contribution in [2.75, 3.05) is 0 Å². The third kappa shape index (κ3) is 2.87. The fraction of sp³-hybridized carbons (Fsp3) is 0.895. The summed E-state index contributed by atoms with van der Waals surface area (Å²) in [6.07, 6.45) is 9.52. The highest BCUT2D eigenvalue weighted by Crippen LogP contribution is 2.65. The van der Waals surface area contributed by atoms with E-state index in [4.69, 9.17) is 14.3 Å². The second kappa shape index (κ2) is 5.90. The molecule has 0 amide bonds. The highest BCUT2D eigenvalue weighted by atomic mass is 31.2. The van der Waals surface area contributed by atoms with E-state index in [1.165, 1.54) is 5.57 Å². The Balaban J connectivity index is 1.57. The largest absolute Gasteiger partial charge is 0.469 e. The van der Waals surface area contributed by atoms with Gasteiger partial charge in [0.15, 0.2) is 0 Å². The smallest absolute Gasteiger partial charge is 0.393 e. The molecule has 6 heteroatoms. The van der Waals surface area contributed by atoms with Crippen molar-refractivity contribution in [2.45, 2.75) is 77.4 Å². The second-order valence-electron chi connectivity index (χ2n) is 9.36. The third-order valence-electron chi connectivity index (χ3n) is 8.30. The molecule has 0 saturated heterocycles. The molecule has 0 heterocycles. The molecule has 3 saturated carbocycles. The number of fused-ring (bicyclic) bond motifs is 5. The molecule has 142 valence electrons. The maximum atomic E-state index is 11.2. The first-order valence-electron chi connectivity index (χ1n) is 9.75. The van der Waals surface area contributed by atoms with Crippen LogP contribution in [0.25, 0.3) is 0 Å². The molecule has 0 aromatic rings. The highest BCUT2D eigenvalue weighted by molar-refractivity contribution is 7.46. The van der Waals surface area contributed by atoms with E-state index in [9.17, 15) is 9.67 Å². The van der Waals surface area contributed by atoms with Gasteiger partial charge in [-0.2, -0.15) is 0 Å². The first-order chi connectivity index (χ1) is 11.6. The molecule has 0 spiro atoms. The number of phosphoric ester groups is 1. The topological polar surface area (TPSA) is 87.0 Å². The van der Waals surface area contributed by atoms with Crippen LogP contribution >= 0.6 is 7.82 Å². The van der Waals surface area contributed by atoms with Crippen LogP contribution in [0.1, 0.15) is 65.2 Å². The summed E-state index contributed by atoms with van der Waals surface area (Å²) in [4.78, 5) is 18.2. The summed E-state index contributed by atoms with van der Waals surface area (Å²) >= 11 is 0. The Morgan fingerprint density at radius 1 is 1.12 bits per heavy atom. The second-order valence-corrected chi connectivity index (χ2v) is 10.5. The molecule has 0 bridgehead atoms. The van der Waals surface area contributed by atoms with Gasteiger partial charge in [0.2, 0.25) is 0 Å². The van der Waals surface area contributed by atoms with Gasteiger partial charge in [0.1, 0.15) is 0 Å². The molecule has 0 aromatic carbocycles. The van der Waals surface area contributed by atoms with Gasteiger partial charge in [-0.3, -0.25) is 4.52 Å². The number of allylic oxidation sites excluding steroid dienone is 1. The molecule has 0 radical (unpaired) electrons. The van der Waals surface area contributed by atoms with Crippen LogP contribution in [-0.4, -0.2) is 27.1 Å². The Bertz CT molecular complexity index is 627. The third-order valence-corrected chi connectivity index (χ3v) is 8.87. The molecule has 0 unspecified atom stereocenters. The van der Waals surface area contributed by atoms with E-state index in [1.807, 2.05) is 0 Å². The van der Waals surface area contributed by atoms with Crippen LogP contribution < -0.4 is 0 Å². The molecule has 25 heavy (non-hydrogen) atoms. The standard InChI is InChI=1S/C19H31O5P/c1-18-9-7-13(24-25(21,22)23)11-12(18)3-4-14-15-5-6-17(20)19(15,2)10-8-16(14)18/h3,13-17,20H,4-11H2,1-2H3,(H2,21,22,23)/t13-,14+,15+,16+,17+,18+,19+/m1/s1. The van der Waals surface area contributed by atoms with E-state index in [1.54, 1.807) is 0 Å². The predicted octanol–water partition coefficient (Wildman–Crippen LogP) is 3.79. The quantitative estimate of drug-likeness (QED) is 0.509. The van der Waals surface area contributed by atoms with Gasteiger partial charge in [-0.05, 0) is 80.0 Å². The predicted molar refractivity (Wildman–Crippen MR) is 94.6 cm³/mol. The van der Waals surface area contributed by atoms with Crippen LogP contribution in [0.3, 0.4) is 0 Å². The van der Waals surface area contributed by atoms with Crippen molar-refractivity contribution in [1.82, 2.24) is 0 Å². The summed E-state index contributed by atoms with van der Waals surface area (Å²) in [6.45, 7) is 4.65. The average Bonchev–Trinajstić information content (AvgIpc) is 2.82. The lowest BCUT2D eigenvalue weighted by atomic mass is 9.48. The summed E-state index contributed by atoms with van der Waals surface area (Å²) in [6, 6.07) is 0. The Labute approximate surface area is 150 Å². The van der Waals surface area contributed by atoms with Crippen LogP contribution in [0.5, 0.6) is 0 Å². The molecule has 4 aliphatic rings. The lowest BCUT2D eigenvalue weighted by Crippen LogP contribution is -2.51. The lowest BCUT2D eigenvalue weighted by molar-refractivity contribution is -0.0709. The van der Waals surface area contributed by atoms with E-state index < -0.39 is 7.82 Å². The fourth-order valence-electron chi connectivity index (χ4n) is 6.88. The van der Waals surface area contributed by atoms with Gasteiger partial charge < -0.3 is 14.9 Å². The van der Waals surface area contributed by atoms with Crippen molar-refractivity contribution in [2.24, 2.45) is 28.6 Å². The van der Waals surface area contributed by atoms with Crippen molar-refractivity contribution < 1.29 is 24.0 Å². The zero-order valence-electron chi connectivity index (χ0n) is 15.2. The molecule has 3 fully saturated rings. The van der Waals surface area contributed by atoms with Crippen molar-refractivity contribution in [3.05, 3.63) is 11.6 Å². The van der Waals surface area contributed by atoms with E-state index >= 15 is 0 Å². The zero-order valence-corrected chi connectivity index (χ0v) is 16.1. The maximum absolute atomic E-state index is 11.2. The van der Waals surface area contributed by atoms with Gasteiger partial charge >= 0.3 is 7.82 Å². The van der Waals surface area contributed by atoms with E-state index in [0.29, 0.717) is 30.6 Å². The summed E-state index contributed by atoms with van der Waals surface area (Å²) in [5.74, 6) is 1.88.